The van der Waals surface area contributed by atoms with Crippen LogP contribution in [0.15, 0.2) is 60.7 Å². The van der Waals surface area contributed by atoms with Gasteiger partial charge in [0.25, 0.3) is 0 Å². The first kappa shape index (κ1) is 41.2. The lowest BCUT2D eigenvalue weighted by Crippen LogP contribution is -2.34. The minimum absolute atomic E-state index is 0.0957. The Balaban J connectivity index is 1.38. The summed E-state index contributed by atoms with van der Waals surface area (Å²) < 4.78 is 22.8. The van der Waals surface area contributed by atoms with Crippen LogP contribution in [-0.2, 0) is 47.8 Å². The zero-order valence-corrected chi connectivity index (χ0v) is 35.9. The van der Waals surface area contributed by atoms with Crippen LogP contribution in [0.4, 0.5) is 0 Å². The van der Waals surface area contributed by atoms with Gasteiger partial charge in [0.2, 0.25) is 13.6 Å². The number of aromatic hydroxyl groups is 2. The fourth-order valence-corrected chi connectivity index (χ4v) is 7.43. The Labute approximate surface area is 335 Å². The molecule has 0 aromatic heterocycles. The molecule has 0 atom stereocenters. The first-order chi connectivity index (χ1) is 26.1. The fourth-order valence-electron chi connectivity index (χ4n) is 7.43. The number of hydrogen-bond acceptors (Lipinski definition) is 8. The van der Waals surface area contributed by atoms with Crippen LogP contribution in [0.3, 0.4) is 0 Å². The van der Waals surface area contributed by atoms with Crippen molar-refractivity contribution < 1.29 is 29.2 Å². The number of ether oxygens (including phenoxy) is 4. The molecule has 4 aromatic carbocycles. The molecule has 0 unspecified atom stereocenters. The molecule has 0 spiro atoms. The van der Waals surface area contributed by atoms with E-state index in [1.807, 2.05) is 12.1 Å². The van der Waals surface area contributed by atoms with E-state index < -0.39 is 0 Å². The standard InChI is InChI=1S/C48H64N2O6/c1-45(2,3)35-21-33(43(51)37(23-35)47(7,8)9)27-49(25-31-13-15-39-41(19-31)55-29-53-39)17-18-50(26-32-14-16-40-42(20-32)56-30-54-40)28-34-22-36(46(4,5)6)24-38(44(34)52)48(10,11)12/h13-16,19-24,51-52H,17-18,25-30H2,1-12H3. The third-order valence-electron chi connectivity index (χ3n) is 10.9. The summed E-state index contributed by atoms with van der Waals surface area (Å²) in [5, 5.41) is 23.8. The minimum Gasteiger partial charge on any atom is -0.507 e. The Kier molecular flexibility index (Phi) is 11.4. The average Bonchev–Trinajstić information content (AvgIpc) is 3.76. The third-order valence-corrected chi connectivity index (χ3v) is 10.9. The van der Waals surface area contributed by atoms with Gasteiger partial charge in [0.1, 0.15) is 11.5 Å². The van der Waals surface area contributed by atoms with Crippen LogP contribution in [0.1, 0.15) is 128 Å². The van der Waals surface area contributed by atoms with Crippen LogP contribution >= 0.6 is 0 Å². The second-order valence-electron chi connectivity index (χ2n) is 19.9. The van der Waals surface area contributed by atoms with Crippen LogP contribution in [-0.4, -0.2) is 46.7 Å². The molecular weight excluding hydrogens is 701 g/mol. The molecule has 2 N–H and O–H groups in total. The first-order valence-corrected chi connectivity index (χ1v) is 20.0. The van der Waals surface area contributed by atoms with E-state index in [0.29, 0.717) is 50.8 Å². The summed E-state index contributed by atoms with van der Waals surface area (Å²) in [5.74, 6) is 3.74. The van der Waals surface area contributed by atoms with Crippen molar-refractivity contribution >= 4 is 0 Å². The van der Waals surface area contributed by atoms with Crippen molar-refractivity contribution in [1.82, 2.24) is 9.80 Å². The maximum absolute atomic E-state index is 11.9. The normalized spacial score (nSPS) is 14.3. The monoisotopic (exact) mass is 764 g/mol. The van der Waals surface area contributed by atoms with Gasteiger partial charge < -0.3 is 29.2 Å². The predicted octanol–water partition coefficient (Wildman–Crippen LogP) is 10.4. The molecule has 2 aliphatic rings. The topological polar surface area (TPSA) is 83.9 Å². The van der Waals surface area contributed by atoms with Crippen molar-refractivity contribution in [3.8, 4) is 34.5 Å². The summed E-state index contributed by atoms with van der Waals surface area (Å²) in [6, 6.07) is 21.0. The van der Waals surface area contributed by atoms with Gasteiger partial charge in [0.05, 0.1) is 0 Å². The van der Waals surface area contributed by atoms with E-state index in [4.69, 9.17) is 18.9 Å². The van der Waals surface area contributed by atoms with E-state index in [2.05, 4.69) is 141 Å². The third kappa shape index (κ3) is 9.58. The Morgan fingerprint density at radius 3 is 1.14 bits per heavy atom. The number of phenolic OH excluding ortho intramolecular Hbond substituents is 2. The van der Waals surface area contributed by atoms with Gasteiger partial charge in [-0.15, -0.1) is 0 Å². The Morgan fingerprint density at radius 2 is 0.804 bits per heavy atom. The van der Waals surface area contributed by atoms with Crippen LogP contribution in [0.25, 0.3) is 0 Å². The molecule has 0 bridgehead atoms. The highest BCUT2D eigenvalue weighted by atomic mass is 16.7. The minimum atomic E-state index is -0.237. The molecule has 8 nitrogen and oxygen atoms in total. The molecule has 4 aromatic rings. The maximum atomic E-state index is 11.9. The molecule has 2 aliphatic heterocycles. The van der Waals surface area contributed by atoms with Crippen molar-refractivity contribution in [2.75, 3.05) is 26.7 Å². The molecule has 0 radical (unpaired) electrons. The summed E-state index contributed by atoms with van der Waals surface area (Å²) >= 11 is 0. The lowest BCUT2D eigenvalue weighted by Gasteiger charge is -2.32. The Bertz CT molecular complexity index is 1900. The van der Waals surface area contributed by atoms with Crippen LogP contribution < -0.4 is 18.9 Å². The SMILES string of the molecule is CC(C)(C)c1cc(CN(CCN(Cc2ccc3c(c2)OCO3)Cc2cc(C(C)(C)C)cc(C(C)(C)C)c2O)Cc2ccc3c(c2)OCO3)c(O)c(C(C)(C)C)c1. The molecule has 8 heteroatoms. The van der Waals surface area contributed by atoms with Gasteiger partial charge >= 0.3 is 0 Å². The summed E-state index contributed by atoms with van der Waals surface area (Å²) in [6.07, 6.45) is 0. The second-order valence-corrected chi connectivity index (χ2v) is 19.9. The van der Waals surface area contributed by atoms with Gasteiger partial charge in [0.15, 0.2) is 23.0 Å². The summed E-state index contributed by atoms with van der Waals surface area (Å²) in [6.45, 7) is 30.5. The summed E-state index contributed by atoms with van der Waals surface area (Å²) in [4.78, 5) is 4.81. The van der Waals surface area contributed by atoms with Crippen LogP contribution in [0, 0.1) is 0 Å². The van der Waals surface area contributed by atoms with Crippen molar-refractivity contribution in [2.24, 2.45) is 0 Å². The van der Waals surface area contributed by atoms with E-state index >= 15 is 0 Å². The van der Waals surface area contributed by atoms with Gasteiger partial charge in [-0.3, -0.25) is 9.80 Å². The number of benzene rings is 4. The van der Waals surface area contributed by atoms with E-state index in [9.17, 15) is 10.2 Å². The van der Waals surface area contributed by atoms with Crippen molar-refractivity contribution in [3.05, 3.63) is 105 Å². The van der Waals surface area contributed by atoms with Crippen LogP contribution in [0.2, 0.25) is 0 Å². The molecule has 0 saturated carbocycles. The highest BCUT2D eigenvalue weighted by molar-refractivity contribution is 5.51. The van der Waals surface area contributed by atoms with E-state index in [-0.39, 0.29) is 35.2 Å². The first-order valence-electron chi connectivity index (χ1n) is 20.0. The van der Waals surface area contributed by atoms with Gasteiger partial charge in [-0.1, -0.05) is 119 Å². The molecule has 0 amide bonds. The molecule has 0 saturated heterocycles. The smallest absolute Gasteiger partial charge is 0.231 e. The van der Waals surface area contributed by atoms with E-state index in [1.54, 1.807) is 0 Å². The number of fused-ring (bicyclic) bond motifs is 2. The molecule has 2 heterocycles. The van der Waals surface area contributed by atoms with Gasteiger partial charge in [-0.2, -0.15) is 0 Å². The molecule has 302 valence electrons. The molecular formula is C48H64N2O6. The number of nitrogens with zero attached hydrogens (tertiary/aromatic N) is 2. The Hall–Kier alpha value is -4.40. The largest absolute Gasteiger partial charge is 0.507 e. The van der Waals surface area contributed by atoms with Crippen molar-refractivity contribution in [3.63, 3.8) is 0 Å². The fraction of sp³-hybridized carbons (Fsp3) is 0.500. The highest BCUT2D eigenvalue weighted by Crippen LogP contribution is 2.41. The van der Waals surface area contributed by atoms with Crippen LogP contribution in [0.5, 0.6) is 34.5 Å². The number of hydrogen-bond donors (Lipinski definition) is 2. The molecule has 0 aliphatic carbocycles. The van der Waals surface area contributed by atoms with E-state index in [1.165, 1.54) is 11.1 Å². The molecule has 6 rings (SSSR count). The quantitative estimate of drug-likeness (QED) is 0.156. The van der Waals surface area contributed by atoms with Gasteiger partial charge in [-0.25, -0.2) is 0 Å². The zero-order valence-electron chi connectivity index (χ0n) is 35.9. The lowest BCUT2D eigenvalue weighted by atomic mass is 9.79. The number of phenols is 2. The molecule has 0 fully saturated rings. The predicted molar refractivity (Wildman–Crippen MR) is 224 cm³/mol. The molecule has 56 heavy (non-hydrogen) atoms. The van der Waals surface area contributed by atoms with Crippen molar-refractivity contribution in [1.29, 1.82) is 0 Å². The highest BCUT2D eigenvalue weighted by Gasteiger charge is 2.28. The van der Waals surface area contributed by atoms with Crippen molar-refractivity contribution in [2.45, 2.75) is 131 Å². The zero-order chi connectivity index (χ0) is 40.8. The second kappa shape index (κ2) is 15.5. The maximum Gasteiger partial charge on any atom is 0.231 e. The van der Waals surface area contributed by atoms with Gasteiger partial charge in [-0.05, 0) is 79.3 Å². The summed E-state index contributed by atoms with van der Waals surface area (Å²) in [7, 11) is 0. The number of rotatable bonds is 11. The average molecular weight is 765 g/mol. The van der Waals surface area contributed by atoms with E-state index in [0.717, 1.165) is 56.4 Å². The van der Waals surface area contributed by atoms with Gasteiger partial charge in [0, 0.05) is 50.4 Å². The lowest BCUT2D eigenvalue weighted by molar-refractivity contribution is 0.172. The Morgan fingerprint density at radius 1 is 0.446 bits per heavy atom. The summed E-state index contributed by atoms with van der Waals surface area (Å²) in [5.41, 5.74) is 7.67.